The van der Waals surface area contributed by atoms with Gasteiger partial charge in [0, 0.05) is 12.2 Å². The number of nitrogens with one attached hydrogen (secondary N) is 2. The molecule has 0 rings (SSSR count). The molecule has 0 aromatic carbocycles. The van der Waals surface area contributed by atoms with E-state index in [0.29, 0.717) is 0 Å². The van der Waals surface area contributed by atoms with Crippen LogP contribution in [0.3, 0.4) is 0 Å². The van der Waals surface area contributed by atoms with E-state index in [0.717, 1.165) is 0 Å². The van der Waals surface area contributed by atoms with E-state index in [9.17, 15) is 19.2 Å². The molecule has 2 amide bonds. The lowest BCUT2D eigenvalue weighted by Gasteiger charge is -2.17. The summed E-state index contributed by atoms with van der Waals surface area (Å²) < 4.78 is 0. The number of amides is 2. The van der Waals surface area contributed by atoms with E-state index in [2.05, 4.69) is 29.8 Å². The second kappa shape index (κ2) is 8.97. The van der Waals surface area contributed by atoms with E-state index in [1.165, 1.54) is 0 Å². The molecule has 10 heteroatoms. The van der Waals surface area contributed by atoms with E-state index in [-0.39, 0.29) is 17.7 Å². The van der Waals surface area contributed by atoms with E-state index < -0.39 is 42.4 Å². The number of hydrogen-bond acceptors (Lipinski definition) is 6. The number of carboxylic acids is 2. The van der Waals surface area contributed by atoms with Crippen LogP contribution in [0, 0.1) is 0 Å². The zero-order valence-electron chi connectivity index (χ0n) is 11.0. The lowest BCUT2D eigenvalue weighted by atomic mass is 10.1. The Labute approximate surface area is 126 Å². The Balaban J connectivity index is 4.45. The minimum atomic E-state index is -1.38. The first-order chi connectivity index (χ1) is 9.68. The van der Waals surface area contributed by atoms with E-state index in [1.54, 1.807) is 0 Å². The Kier molecular flexibility index (Phi) is 8.09. The predicted octanol–water partition coefficient (Wildman–Crippen LogP) is -2.04. The molecule has 0 aliphatic carbocycles. The van der Waals surface area contributed by atoms with Crippen LogP contribution in [0.1, 0.15) is 6.42 Å². The number of nitrogens with two attached hydrogens (primary N) is 1. The molecular formula is C11H17N3O6S. The van der Waals surface area contributed by atoms with Gasteiger partial charge in [0.25, 0.3) is 0 Å². The van der Waals surface area contributed by atoms with Crippen LogP contribution in [0.15, 0.2) is 12.2 Å². The van der Waals surface area contributed by atoms with Gasteiger partial charge < -0.3 is 26.6 Å². The van der Waals surface area contributed by atoms with Crippen molar-refractivity contribution < 1.29 is 29.4 Å². The molecule has 118 valence electrons. The minimum Gasteiger partial charge on any atom is -0.480 e. The van der Waals surface area contributed by atoms with E-state index >= 15 is 0 Å². The molecule has 2 unspecified atom stereocenters. The lowest BCUT2D eigenvalue weighted by Crippen LogP contribution is -2.49. The first kappa shape index (κ1) is 18.9. The van der Waals surface area contributed by atoms with Crippen LogP contribution in [0.2, 0.25) is 0 Å². The molecule has 0 saturated heterocycles. The number of carbonyl (C=O) groups excluding carboxylic acids is 2. The zero-order chi connectivity index (χ0) is 16.6. The van der Waals surface area contributed by atoms with Crippen molar-refractivity contribution in [3.05, 3.63) is 12.2 Å². The maximum absolute atomic E-state index is 11.6. The van der Waals surface area contributed by atoms with Crippen LogP contribution in [0.4, 0.5) is 0 Å². The maximum atomic E-state index is 11.6. The first-order valence-electron chi connectivity index (χ1n) is 5.74. The second-order valence-electron chi connectivity index (χ2n) is 4.07. The number of aliphatic carboxylic acids is 2. The van der Waals surface area contributed by atoms with Crippen molar-refractivity contribution in [2.24, 2.45) is 5.73 Å². The van der Waals surface area contributed by atoms with Gasteiger partial charge in [0.15, 0.2) is 0 Å². The van der Waals surface area contributed by atoms with Gasteiger partial charge in [0.2, 0.25) is 11.8 Å². The van der Waals surface area contributed by atoms with Gasteiger partial charge in [-0.05, 0) is 5.57 Å². The van der Waals surface area contributed by atoms with Crippen molar-refractivity contribution >= 4 is 36.4 Å². The fourth-order valence-corrected chi connectivity index (χ4v) is 1.47. The highest BCUT2D eigenvalue weighted by Crippen LogP contribution is 2.03. The van der Waals surface area contributed by atoms with Crippen molar-refractivity contribution in [3.63, 3.8) is 0 Å². The molecule has 0 aliphatic rings. The van der Waals surface area contributed by atoms with Crippen LogP contribution >= 0.6 is 12.6 Å². The van der Waals surface area contributed by atoms with Gasteiger partial charge in [0.05, 0.1) is 0 Å². The van der Waals surface area contributed by atoms with Crippen molar-refractivity contribution in [3.8, 4) is 0 Å². The summed E-state index contributed by atoms with van der Waals surface area (Å²) in [6, 6.07) is -2.43. The summed E-state index contributed by atoms with van der Waals surface area (Å²) in [6.07, 6.45) is -0.371. The van der Waals surface area contributed by atoms with Crippen LogP contribution in [0.25, 0.3) is 0 Å². The topological polar surface area (TPSA) is 159 Å². The molecule has 0 fully saturated rings. The third kappa shape index (κ3) is 7.32. The number of hydrogen-bond donors (Lipinski definition) is 6. The summed E-state index contributed by atoms with van der Waals surface area (Å²) in [5, 5.41) is 21.5. The highest BCUT2D eigenvalue weighted by atomic mass is 32.1. The van der Waals surface area contributed by atoms with E-state index in [1.807, 2.05) is 0 Å². The fourth-order valence-electron chi connectivity index (χ4n) is 1.22. The third-order valence-electron chi connectivity index (χ3n) is 2.34. The standard InChI is InChI=1S/C11H17N3O6S/c1-5(9(12)11(19)20)2-7(15)14-6(4-21)10(18)13-3-8(16)17/h6,9,21H,1-4,12H2,(H,13,18)(H,14,15)(H,16,17)(H,19,20). The number of rotatable bonds is 9. The summed E-state index contributed by atoms with van der Waals surface area (Å²) in [5.74, 6) is -3.99. The number of carbonyl (C=O) groups is 4. The monoisotopic (exact) mass is 319 g/mol. The largest absolute Gasteiger partial charge is 0.480 e. The SMILES string of the molecule is C=C(CC(=O)NC(CS)C(=O)NCC(=O)O)C(N)C(=O)O. The van der Waals surface area contributed by atoms with Gasteiger partial charge in [-0.15, -0.1) is 0 Å². The Morgan fingerprint density at radius 3 is 2.24 bits per heavy atom. The normalized spacial score (nSPS) is 12.9. The molecule has 2 atom stereocenters. The fraction of sp³-hybridized carbons (Fsp3) is 0.455. The van der Waals surface area contributed by atoms with Crippen LogP contribution in [0.5, 0.6) is 0 Å². The van der Waals surface area contributed by atoms with Crippen molar-refractivity contribution in [1.29, 1.82) is 0 Å². The minimum absolute atomic E-state index is 0.0242. The molecule has 6 N–H and O–H groups in total. The third-order valence-corrected chi connectivity index (χ3v) is 2.71. The summed E-state index contributed by atoms with van der Waals surface area (Å²) >= 11 is 3.87. The van der Waals surface area contributed by atoms with Crippen LogP contribution < -0.4 is 16.4 Å². The van der Waals surface area contributed by atoms with Crippen molar-refractivity contribution in [2.75, 3.05) is 12.3 Å². The summed E-state index contributed by atoms with van der Waals surface area (Å²) in [7, 11) is 0. The molecule has 0 heterocycles. The van der Waals surface area contributed by atoms with Gasteiger partial charge >= 0.3 is 11.9 Å². The average Bonchev–Trinajstić information content (AvgIpc) is 2.40. The molecule has 0 spiro atoms. The Morgan fingerprint density at radius 1 is 1.24 bits per heavy atom. The molecule has 0 bridgehead atoms. The van der Waals surface area contributed by atoms with Gasteiger partial charge in [-0.1, -0.05) is 6.58 Å². The zero-order valence-corrected chi connectivity index (χ0v) is 11.9. The lowest BCUT2D eigenvalue weighted by molar-refractivity contribution is -0.138. The summed E-state index contributed by atoms with van der Waals surface area (Å²) in [6.45, 7) is 2.80. The van der Waals surface area contributed by atoms with Gasteiger partial charge in [-0.3, -0.25) is 19.2 Å². The quantitative estimate of drug-likeness (QED) is 0.211. The molecule has 0 aliphatic heterocycles. The van der Waals surface area contributed by atoms with E-state index in [4.69, 9.17) is 15.9 Å². The summed E-state index contributed by atoms with van der Waals surface area (Å²) in [4.78, 5) is 44.1. The maximum Gasteiger partial charge on any atom is 0.324 e. The molecule has 0 radical (unpaired) electrons. The van der Waals surface area contributed by atoms with Gasteiger partial charge in [-0.2, -0.15) is 12.6 Å². The molecule has 0 aromatic rings. The molecule has 0 saturated carbocycles. The molecule has 0 aromatic heterocycles. The predicted molar refractivity (Wildman–Crippen MR) is 75.8 cm³/mol. The highest BCUT2D eigenvalue weighted by Gasteiger charge is 2.22. The van der Waals surface area contributed by atoms with Gasteiger partial charge in [-0.25, -0.2) is 0 Å². The molecular weight excluding hydrogens is 302 g/mol. The number of carboxylic acid groups (broad SMARTS) is 2. The van der Waals surface area contributed by atoms with Crippen LogP contribution in [-0.4, -0.2) is 58.3 Å². The smallest absolute Gasteiger partial charge is 0.324 e. The summed E-state index contributed by atoms with van der Waals surface area (Å²) in [5.41, 5.74) is 5.25. The highest BCUT2D eigenvalue weighted by molar-refractivity contribution is 7.80. The first-order valence-corrected chi connectivity index (χ1v) is 6.38. The molecule has 9 nitrogen and oxygen atoms in total. The Hall–Kier alpha value is -2.07. The van der Waals surface area contributed by atoms with Crippen LogP contribution in [-0.2, 0) is 19.2 Å². The van der Waals surface area contributed by atoms with Crippen molar-refractivity contribution in [2.45, 2.75) is 18.5 Å². The molecule has 21 heavy (non-hydrogen) atoms. The second-order valence-corrected chi connectivity index (χ2v) is 4.43. The Morgan fingerprint density at radius 2 is 1.81 bits per heavy atom. The Bertz CT molecular complexity index is 453. The average molecular weight is 319 g/mol. The van der Waals surface area contributed by atoms with Gasteiger partial charge in [0.1, 0.15) is 18.6 Å². The number of thiol groups is 1. The van der Waals surface area contributed by atoms with Crippen molar-refractivity contribution in [1.82, 2.24) is 10.6 Å².